The van der Waals surface area contributed by atoms with Crippen LogP contribution in [0.15, 0.2) is 48.7 Å². The Bertz CT molecular complexity index is 1070. The maximum Gasteiger partial charge on any atom is 0.308 e. The number of fused-ring (bicyclic) bond motifs is 1. The molecule has 0 unspecified atom stereocenters. The number of para-hydroxylation sites is 1. The first-order valence-electron chi connectivity index (χ1n) is 9.82. The summed E-state index contributed by atoms with van der Waals surface area (Å²) in [7, 11) is -3.63. The second kappa shape index (κ2) is 7.83. The zero-order valence-electron chi connectivity index (χ0n) is 16.0. The van der Waals surface area contributed by atoms with Gasteiger partial charge in [-0.25, -0.2) is 4.98 Å². The third-order valence-corrected chi connectivity index (χ3v) is 6.33. The van der Waals surface area contributed by atoms with E-state index in [0.717, 1.165) is 24.3 Å². The van der Waals surface area contributed by atoms with Gasteiger partial charge in [-0.2, -0.15) is 8.42 Å². The van der Waals surface area contributed by atoms with Gasteiger partial charge in [-0.15, -0.1) is 0 Å². The Labute approximate surface area is 165 Å². The predicted molar refractivity (Wildman–Crippen MR) is 111 cm³/mol. The molecule has 0 bridgehead atoms. The minimum Gasteiger partial charge on any atom is -0.382 e. The molecule has 1 aliphatic rings. The fraction of sp³-hybridized carbons (Fsp3) is 0.381. The van der Waals surface area contributed by atoms with Gasteiger partial charge in [0.05, 0.1) is 5.75 Å². The Hall–Kier alpha value is -2.54. The van der Waals surface area contributed by atoms with E-state index in [1.165, 1.54) is 19.3 Å². The molecule has 1 aliphatic carbocycles. The van der Waals surface area contributed by atoms with Crippen LogP contribution in [0.25, 0.3) is 16.9 Å². The van der Waals surface area contributed by atoms with Crippen LogP contribution in [0, 0.1) is 0 Å². The molecule has 1 saturated carbocycles. The van der Waals surface area contributed by atoms with Crippen LogP contribution in [-0.4, -0.2) is 29.6 Å². The van der Waals surface area contributed by atoms with Crippen molar-refractivity contribution >= 4 is 21.6 Å². The Morgan fingerprint density at radius 1 is 1.11 bits per heavy atom. The first kappa shape index (κ1) is 18.8. The molecule has 2 heterocycles. The van der Waals surface area contributed by atoms with Crippen LogP contribution >= 0.6 is 0 Å². The zero-order valence-corrected chi connectivity index (χ0v) is 16.8. The van der Waals surface area contributed by atoms with Crippen LogP contribution in [-0.2, 0) is 10.1 Å². The summed E-state index contributed by atoms with van der Waals surface area (Å²) >= 11 is 0. The Morgan fingerprint density at radius 2 is 1.86 bits per heavy atom. The molecule has 0 radical (unpaired) electrons. The van der Waals surface area contributed by atoms with E-state index in [1.807, 2.05) is 40.9 Å². The molecule has 7 heteroatoms. The number of aromatic nitrogens is 2. The fourth-order valence-corrected chi connectivity index (χ4v) is 4.23. The molecule has 0 saturated heterocycles. The van der Waals surface area contributed by atoms with Crippen LogP contribution in [0.2, 0.25) is 0 Å². The standard InChI is InChI=1S/C21H25N3O3S/c1-2-28(25,26)27-18-13-7-6-12-17(18)20-21(22-16-10-4-3-5-11-16)24-15-9-8-14-19(24)23-20/h6-9,12-16,22H,2-5,10-11H2,1H3. The maximum atomic E-state index is 12.1. The van der Waals surface area contributed by atoms with Crippen LogP contribution in [0.5, 0.6) is 5.75 Å². The molecule has 0 atom stereocenters. The summed E-state index contributed by atoms with van der Waals surface area (Å²) in [5, 5.41) is 3.67. The van der Waals surface area contributed by atoms with E-state index in [4.69, 9.17) is 9.17 Å². The molecular formula is C21H25N3O3S. The molecule has 0 spiro atoms. The molecule has 28 heavy (non-hydrogen) atoms. The summed E-state index contributed by atoms with van der Waals surface area (Å²) in [6.45, 7) is 1.57. The van der Waals surface area contributed by atoms with Crippen LogP contribution in [0.4, 0.5) is 5.82 Å². The summed E-state index contributed by atoms with van der Waals surface area (Å²) in [4.78, 5) is 4.79. The van der Waals surface area contributed by atoms with Gasteiger partial charge in [0.25, 0.3) is 0 Å². The van der Waals surface area contributed by atoms with Crippen molar-refractivity contribution in [2.24, 2.45) is 0 Å². The van der Waals surface area contributed by atoms with Gasteiger partial charge in [0, 0.05) is 17.8 Å². The average Bonchev–Trinajstić information content (AvgIpc) is 3.07. The minimum absolute atomic E-state index is 0.0836. The molecule has 0 amide bonds. The number of hydrogen-bond donors (Lipinski definition) is 1. The first-order valence-corrected chi connectivity index (χ1v) is 11.4. The van der Waals surface area contributed by atoms with Crippen molar-refractivity contribution in [3.8, 4) is 17.0 Å². The van der Waals surface area contributed by atoms with Gasteiger partial charge in [-0.3, -0.25) is 4.40 Å². The highest BCUT2D eigenvalue weighted by Crippen LogP contribution is 2.37. The third-order valence-electron chi connectivity index (χ3n) is 5.19. The second-order valence-electron chi connectivity index (χ2n) is 7.14. The van der Waals surface area contributed by atoms with Crippen molar-refractivity contribution in [1.29, 1.82) is 0 Å². The number of nitrogens with one attached hydrogen (secondary N) is 1. The number of anilines is 1. The smallest absolute Gasteiger partial charge is 0.308 e. The molecule has 1 aromatic carbocycles. The molecule has 1 fully saturated rings. The highest BCUT2D eigenvalue weighted by atomic mass is 32.2. The monoisotopic (exact) mass is 399 g/mol. The van der Waals surface area contributed by atoms with Crippen molar-refractivity contribution in [1.82, 2.24) is 9.38 Å². The summed E-state index contributed by atoms with van der Waals surface area (Å²) in [5.74, 6) is 1.10. The van der Waals surface area contributed by atoms with E-state index in [2.05, 4.69) is 5.32 Å². The third kappa shape index (κ3) is 3.85. The van der Waals surface area contributed by atoms with Crippen molar-refractivity contribution in [2.75, 3.05) is 11.1 Å². The highest BCUT2D eigenvalue weighted by molar-refractivity contribution is 7.87. The number of pyridine rings is 1. The van der Waals surface area contributed by atoms with E-state index in [-0.39, 0.29) is 5.75 Å². The van der Waals surface area contributed by atoms with Crippen molar-refractivity contribution in [3.63, 3.8) is 0 Å². The first-order chi connectivity index (χ1) is 13.6. The van der Waals surface area contributed by atoms with E-state index < -0.39 is 10.1 Å². The van der Waals surface area contributed by atoms with E-state index in [1.54, 1.807) is 19.1 Å². The SMILES string of the molecule is CCS(=O)(=O)Oc1ccccc1-c1nc2ccccn2c1NC1CCCCC1. The normalized spacial score (nSPS) is 15.6. The van der Waals surface area contributed by atoms with Gasteiger partial charge in [-0.05, 0) is 44.0 Å². The molecule has 148 valence electrons. The van der Waals surface area contributed by atoms with Gasteiger partial charge < -0.3 is 9.50 Å². The van der Waals surface area contributed by atoms with Gasteiger partial charge in [0.1, 0.15) is 17.2 Å². The molecule has 4 rings (SSSR count). The quantitative estimate of drug-likeness (QED) is 0.619. The average molecular weight is 400 g/mol. The molecule has 3 aromatic rings. The van der Waals surface area contributed by atoms with Crippen LogP contribution in [0.3, 0.4) is 0 Å². The Kier molecular flexibility index (Phi) is 5.26. The van der Waals surface area contributed by atoms with Gasteiger partial charge in [0.15, 0.2) is 5.75 Å². The second-order valence-corrected chi connectivity index (χ2v) is 9.00. The topological polar surface area (TPSA) is 72.7 Å². The summed E-state index contributed by atoms with van der Waals surface area (Å²) in [6.07, 6.45) is 7.95. The van der Waals surface area contributed by atoms with E-state index >= 15 is 0 Å². The molecule has 2 aromatic heterocycles. The number of hydrogen-bond acceptors (Lipinski definition) is 5. The molecule has 6 nitrogen and oxygen atoms in total. The van der Waals surface area contributed by atoms with Gasteiger partial charge in [-0.1, -0.05) is 37.5 Å². The lowest BCUT2D eigenvalue weighted by Gasteiger charge is -2.24. The summed E-state index contributed by atoms with van der Waals surface area (Å²) in [6, 6.07) is 13.4. The number of rotatable bonds is 6. The van der Waals surface area contributed by atoms with Crippen molar-refractivity contribution in [3.05, 3.63) is 48.7 Å². The fourth-order valence-electron chi connectivity index (χ4n) is 3.69. The summed E-state index contributed by atoms with van der Waals surface area (Å²) < 4.78 is 31.5. The lowest BCUT2D eigenvalue weighted by Crippen LogP contribution is -2.23. The predicted octanol–water partition coefficient (Wildman–Crippen LogP) is 4.47. The Balaban J connectivity index is 1.82. The lowest BCUT2D eigenvalue weighted by molar-refractivity contribution is 0.461. The molecule has 1 N–H and O–H groups in total. The molecule has 0 aliphatic heterocycles. The lowest BCUT2D eigenvalue weighted by atomic mass is 9.95. The molecular weight excluding hydrogens is 374 g/mol. The van der Waals surface area contributed by atoms with Crippen molar-refractivity contribution in [2.45, 2.75) is 45.1 Å². The van der Waals surface area contributed by atoms with Crippen LogP contribution < -0.4 is 9.50 Å². The highest BCUT2D eigenvalue weighted by Gasteiger charge is 2.22. The van der Waals surface area contributed by atoms with Crippen LogP contribution in [0.1, 0.15) is 39.0 Å². The van der Waals surface area contributed by atoms with Gasteiger partial charge >= 0.3 is 10.1 Å². The zero-order chi connectivity index (χ0) is 19.6. The number of benzene rings is 1. The number of imidazole rings is 1. The Morgan fingerprint density at radius 3 is 2.64 bits per heavy atom. The maximum absolute atomic E-state index is 12.1. The van der Waals surface area contributed by atoms with Crippen molar-refractivity contribution < 1.29 is 12.6 Å². The minimum atomic E-state index is -3.63. The largest absolute Gasteiger partial charge is 0.382 e. The summed E-state index contributed by atoms with van der Waals surface area (Å²) in [5.41, 5.74) is 2.18. The van der Waals surface area contributed by atoms with E-state index in [9.17, 15) is 8.42 Å². The number of nitrogens with zero attached hydrogens (tertiary/aromatic N) is 2. The van der Waals surface area contributed by atoms with Gasteiger partial charge in [0.2, 0.25) is 0 Å². The van der Waals surface area contributed by atoms with E-state index in [0.29, 0.717) is 23.0 Å².